The third-order valence-corrected chi connectivity index (χ3v) is 9.58. The SMILES string of the molecule is CC(C)(C)[C@H]1COC(=O)[C@@H](NC(=O)OCC2c3ccccc3-c3ccccc32)CCC=CC[C@H](CC(=O)N2CCC[C@H]2CO)C(=O)N1. The first-order valence-corrected chi connectivity index (χ1v) is 16.7. The van der Waals surface area contributed by atoms with Crippen molar-refractivity contribution in [2.75, 3.05) is 26.4 Å². The predicted molar refractivity (Wildman–Crippen MR) is 177 cm³/mol. The van der Waals surface area contributed by atoms with Crippen LogP contribution in [0.1, 0.15) is 76.3 Å². The Balaban J connectivity index is 1.24. The number of alkyl carbamates (subject to hydrolysis) is 1. The summed E-state index contributed by atoms with van der Waals surface area (Å²) in [6, 6.07) is 14.5. The molecule has 3 N–H and O–H groups in total. The summed E-state index contributed by atoms with van der Waals surface area (Å²) in [6.45, 7) is 6.32. The standard InChI is InChI=1S/C37H47N3O7/c1-37(2,3)32-23-46-35(44)31(18-6-4-5-12-24(34(43)39-32)20-33(42)40-19-11-13-25(40)21-41)38-36(45)47-22-30-28-16-9-7-14-26(28)27-15-8-10-17-29(27)30/h4-5,7-10,14-17,24-25,30-32,41H,6,11-13,18-23H2,1-3H3,(H,38,45)(H,39,43)/t24-,25+,31+,32-/m1/s1. The van der Waals surface area contributed by atoms with Gasteiger partial charge in [0.05, 0.1) is 24.6 Å². The molecular weight excluding hydrogens is 598 g/mol. The first-order valence-electron chi connectivity index (χ1n) is 16.7. The van der Waals surface area contributed by atoms with Gasteiger partial charge in [0.2, 0.25) is 11.8 Å². The number of rotatable bonds is 6. The highest BCUT2D eigenvalue weighted by atomic mass is 16.6. The number of hydrogen-bond acceptors (Lipinski definition) is 7. The summed E-state index contributed by atoms with van der Waals surface area (Å²) in [6.07, 6.45) is 5.66. The summed E-state index contributed by atoms with van der Waals surface area (Å²) in [4.78, 5) is 54.8. The molecule has 1 fully saturated rings. The monoisotopic (exact) mass is 645 g/mol. The number of nitrogens with one attached hydrogen (secondary N) is 2. The van der Waals surface area contributed by atoms with Crippen LogP contribution in [0.5, 0.6) is 0 Å². The quantitative estimate of drug-likeness (QED) is 0.306. The van der Waals surface area contributed by atoms with Crippen molar-refractivity contribution < 1.29 is 33.8 Å². The lowest BCUT2D eigenvalue weighted by atomic mass is 9.86. The zero-order valence-corrected chi connectivity index (χ0v) is 27.6. The molecule has 2 aromatic carbocycles. The number of ether oxygens (including phenoxy) is 2. The van der Waals surface area contributed by atoms with Crippen LogP contribution in [0.4, 0.5) is 4.79 Å². The summed E-state index contributed by atoms with van der Waals surface area (Å²) in [5.41, 5.74) is 3.97. The third kappa shape index (κ3) is 8.22. The first kappa shape index (κ1) is 34.2. The van der Waals surface area contributed by atoms with Gasteiger partial charge in [0.25, 0.3) is 0 Å². The number of fused-ring (bicyclic) bond motifs is 3. The second-order valence-corrected chi connectivity index (χ2v) is 13.8. The van der Waals surface area contributed by atoms with E-state index >= 15 is 0 Å². The van der Waals surface area contributed by atoms with Crippen molar-refractivity contribution in [3.63, 3.8) is 0 Å². The molecule has 2 aliphatic heterocycles. The lowest BCUT2D eigenvalue weighted by Gasteiger charge is -2.33. The molecule has 2 heterocycles. The van der Waals surface area contributed by atoms with Crippen molar-refractivity contribution in [3.05, 3.63) is 71.8 Å². The molecule has 3 aliphatic rings. The molecule has 0 unspecified atom stereocenters. The number of esters is 1. The average Bonchev–Trinajstić information content (AvgIpc) is 3.66. The highest BCUT2D eigenvalue weighted by Crippen LogP contribution is 2.44. The average molecular weight is 646 g/mol. The third-order valence-electron chi connectivity index (χ3n) is 9.58. The van der Waals surface area contributed by atoms with Crippen LogP contribution in [-0.4, -0.2) is 78.4 Å². The lowest BCUT2D eigenvalue weighted by molar-refractivity contribution is -0.148. The van der Waals surface area contributed by atoms with Crippen LogP contribution >= 0.6 is 0 Å². The van der Waals surface area contributed by atoms with Gasteiger partial charge in [0, 0.05) is 18.9 Å². The Hall–Kier alpha value is -4.18. The van der Waals surface area contributed by atoms with Crippen LogP contribution in [0.25, 0.3) is 11.1 Å². The Morgan fingerprint density at radius 3 is 2.36 bits per heavy atom. The maximum atomic E-state index is 13.5. The van der Waals surface area contributed by atoms with E-state index in [4.69, 9.17) is 9.47 Å². The van der Waals surface area contributed by atoms with Gasteiger partial charge in [0.1, 0.15) is 19.3 Å². The van der Waals surface area contributed by atoms with E-state index < -0.39 is 35.5 Å². The minimum atomic E-state index is -0.949. The number of aliphatic hydroxyl groups excluding tert-OH is 1. The zero-order chi connectivity index (χ0) is 33.6. The van der Waals surface area contributed by atoms with Gasteiger partial charge in [-0.25, -0.2) is 9.59 Å². The molecule has 3 amide bonds. The maximum absolute atomic E-state index is 13.5. The van der Waals surface area contributed by atoms with Gasteiger partial charge in [-0.1, -0.05) is 81.5 Å². The zero-order valence-electron chi connectivity index (χ0n) is 27.6. The number of nitrogens with zero attached hydrogens (tertiary/aromatic N) is 1. The molecule has 0 spiro atoms. The Labute approximate surface area is 276 Å². The highest BCUT2D eigenvalue weighted by Gasteiger charge is 2.35. The van der Waals surface area contributed by atoms with E-state index in [1.807, 2.05) is 69.3 Å². The molecule has 252 valence electrons. The van der Waals surface area contributed by atoms with Crippen LogP contribution in [0, 0.1) is 11.3 Å². The van der Waals surface area contributed by atoms with Crippen LogP contribution in [0.15, 0.2) is 60.7 Å². The van der Waals surface area contributed by atoms with E-state index in [1.165, 1.54) is 0 Å². The number of hydrogen-bond donors (Lipinski definition) is 3. The van der Waals surface area contributed by atoms with E-state index in [0.717, 1.165) is 35.1 Å². The molecule has 0 saturated carbocycles. The molecule has 4 atom stereocenters. The van der Waals surface area contributed by atoms with Crippen molar-refractivity contribution in [1.82, 2.24) is 15.5 Å². The van der Waals surface area contributed by atoms with Crippen molar-refractivity contribution in [2.45, 2.75) is 83.3 Å². The van der Waals surface area contributed by atoms with Crippen LogP contribution in [0.2, 0.25) is 0 Å². The van der Waals surface area contributed by atoms with E-state index in [2.05, 4.69) is 22.8 Å². The fourth-order valence-corrected chi connectivity index (χ4v) is 6.70. The largest absolute Gasteiger partial charge is 0.462 e. The number of amides is 3. The van der Waals surface area contributed by atoms with Crippen molar-refractivity contribution >= 4 is 23.9 Å². The van der Waals surface area contributed by atoms with Crippen molar-refractivity contribution in [3.8, 4) is 11.1 Å². The molecule has 0 aromatic heterocycles. The second kappa shape index (κ2) is 15.2. The topological polar surface area (TPSA) is 134 Å². The predicted octanol–water partition coefficient (Wildman–Crippen LogP) is 4.70. The van der Waals surface area contributed by atoms with Gasteiger partial charge < -0.3 is 30.1 Å². The number of likely N-dealkylation sites (tertiary alicyclic amines) is 1. The Kier molecular flexibility index (Phi) is 11.0. The maximum Gasteiger partial charge on any atom is 0.407 e. The van der Waals surface area contributed by atoms with E-state index in [-0.39, 0.29) is 56.4 Å². The molecule has 47 heavy (non-hydrogen) atoms. The minimum Gasteiger partial charge on any atom is -0.462 e. The van der Waals surface area contributed by atoms with E-state index in [9.17, 15) is 24.3 Å². The fourth-order valence-electron chi connectivity index (χ4n) is 6.70. The summed E-state index contributed by atoms with van der Waals surface area (Å²) in [5.74, 6) is -1.77. The molecular formula is C37H47N3O7. The number of cyclic esters (lactones) is 1. The smallest absolute Gasteiger partial charge is 0.407 e. The lowest BCUT2D eigenvalue weighted by Crippen LogP contribution is -2.51. The Bertz CT molecular complexity index is 1440. The van der Waals surface area contributed by atoms with Crippen LogP contribution in [0.3, 0.4) is 0 Å². The van der Waals surface area contributed by atoms with Gasteiger partial charge in [0.15, 0.2) is 0 Å². The molecule has 5 rings (SSSR count). The number of benzene rings is 2. The summed E-state index contributed by atoms with van der Waals surface area (Å²) >= 11 is 0. The van der Waals surface area contributed by atoms with Gasteiger partial charge in [-0.3, -0.25) is 9.59 Å². The minimum absolute atomic E-state index is 0.0231. The molecule has 10 heteroatoms. The highest BCUT2D eigenvalue weighted by molar-refractivity contribution is 5.87. The van der Waals surface area contributed by atoms with Gasteiger partial charge in [-0.15, -0.1) is 0 Å². The first-order chi connectivity index (χ1) is 22.6. The number of allylic oxidation sites excluding steroid dienone is 2. The van der Waals surface area contributed by atoms with E-state index in [0.29, 0.717) is 19.4 Å². The van der Waals surface area contributed by atoms with Crippen LogP contribution in [-0.2, 0) is 23.9 Å². The second-order valence-electron chi connectivity index (χ2n) is 13.8. The van der Waals surface area contributed by atoms with Crippen molar-refractivity contribution in [2.24, 2.45) is 11.3 Å². The van der Waals surface area contributed by atoms with Gasteiger partial charge >= 0.3 is 12.1 Å². The molecule has 0 radical (unpaired) electrons. The van der Waals surface area contributed by atoms with Crippen LogP contribution < -0.4 is 10.6 Å². The normalized spacial score (nSPS) is 23.8. The van der Waals surface area contributed by atoms with Crippen molar-refractivity contribution in [1.29, 1.82) is 0 Å². The Morgan fingerprint density at radius 1 is 1.02 bits per heavy atom. The molecule has 1 aliphatic carbocycles. The number of aliphatic hydroxyl groups is 1. The molecule has 1 saturated heterocycles. The van der Waals surface area contributed by atoms with E-state index in [1.54, 1.807) is 4.90 Å². The summed E-state index contributed by atoms with van der Waals surface area (Å²) < 4.78 is 11.4. The number of carbonyl (C=O) groups excluding carboxylic acids is 4. The van der Waals surface area contributed by atoms with Gasteiger partial charge in [-0.05, 0) is 59.8 Å². The molecule has 10 nitrogen and oxygen atoms in total. The summed E-state index contributed by atoms with van der Waals surface area (Å²) in [7, 11) is 0. The van der Waals surface area contributed by atoms with Gasteiger partial charge in [-0.2, -0.15) is 0 Å². The number of carbonyl (C=O) groups is 4. The summed E-state index contributed by atoms with van der Waals surface area (Å²) in [5, 5.41) is 15.4. The fraction of sp³-hybridized carbons (Fsp3) is 0.514. The Morgan fingerprint density at radius 2 is 1.70 bits per heavy atom. The molecule has 2 aromatic rings. The molecule has 0 bridgehead atoms.